The van der Waals surface area contributed by atoms with Crippen LogP contribution in [0.2, 0.25) is 0 Å². The summed E-state index contributed by atoms with van der Waals surface area (Å²) in [5, 5.41) is 15.3. The summed E-state index contributed by atoms with van der Waals surface area (Å²) in [5.74, 6) is -1.07. The van der Waals surface area contributed by atoms with Crippen molar-refractivity contribution < 1.29 is 9.90 Å². The lowest BCUT2D eigenvalue weighted by Crippen LogP contribution is -2.15. The number of hydrogen-bond acceptors (Lipinski definition) is 3. The maximum atomic E-state index is 11.8. The molecule has 2 aromatic heterocycles. The van der Waals surface area contributed by atoms with E-state index in [2.05, 4.69) is 15.2 Å². The van der Waals surface area contributed by atoms with Crippen molar-refractivity contribution in [2.45, 2.75) is 6.92 Å². The minimum Gasteiger partial charge on any atom is -0.477 e. The smallest absolute Gasteiger partial charge is 0.353 e. The molecule has 7 heteroatoms. The second-order valence-electron chi connectivity index (χ2n) is 4.59. The summed E-state index contributed by atoms with van der Waals surface area (Å²) in [6.07, 6.45) is 1.63. The largest absolute Gasteiger partial charge is 0.477 e. The lowest BCUT2D eigenvalue weighted by molar-refractivity contribution is 0.0690. The average Bonchev–Trinajstić information content (AvgIpc) is 3.07. The van der Waals surface area contributed by atoms with Crippen LogP contribution in [0.1, 0.15) is 16.2 Å². The molecule has 0 aliphatic rings. The quantitative estimate of drug-likeness (QED) is 0.679. The number of rotatable bonds is 3. The van der Waals surface area contributed by atoms with Crippen LogP contribution in [0.4, 0.5) is 0 Å². The van der Waals surface area contributed by atoms with Gasteiger partial charge in [0.25, 0.3) is 0 Å². The monoisotopic (exact) mass is 284 g/mol. The van der Waals surface area contributed by atoms with E-state index in [0.29, 0.717) is 11.4 Å². The Morgan fingerprint density at radius 1 is 1.33 bits per heavy atom. The number of benzene rings is 1. The summed E-state index contributed by atoms with van der Waals surface area (Å²) in [5.41, 5.74) is 2.50. The molecule has 0 unspecified atom stereocenters. The predicted molar refractivity (Wildman–Crippen MR) is 75.7 cm³/mol. The molecule has 0 aliphatic carbocycles. The van der Waals surface area contributed by atoms with Gasteiger partial charge in [-0.15, -0.1) is 0 Å². The van der Waals surface area contributed by atoms with Crippen molar-refractivity contribution >= 4 is 5.97 Å². The molecule has 0 fully saturated rings. The highest BCUT2D eigenvalue weighted by Gasteiger charge is 2.11. The summed E-state index contributed by atoms with van der Waals surface area (Å²) in [6, 6.07) is 8.63. The fourth-order valence-corrected chi connectivity index (χ4v) is 2.16. The van der Waals surface area contributed by atoms with Gasteiger partial charge < -0.3 is 10.1 Å². The molecule has 1 aromatic carbocycles. The highest BCUT2D eigenvalue weighted by atomic mass is 16.4. The normalized spacial score (nSPS) is 10.7. The fraction of sp³-hybridized carbons (Fsp3) is 0.0714. The van der Waals surface area contributed by atoms with Crippen LogP contribution in [0.15, 0.2) is 41.3 Å². The van der Waals surface area contributed by atoms with Crippen LogP contribution in [0.25, 0.3) is 16.9 Å². The Morgan fingerprint density at radius 2 is 2.14 bits per heavy atom. The molecule has 0 aliphatic heterocycles. The van der Waals surface area contributed by atoms with E-state index < -0.39 is 5.97 Å². The second-order valence-corrected chi connectivity index (χ2v) is 4.59. The van der Waals surface area contributed by atoms with Crippen molar-refractivity contribution in [2.75, 3.05) is 0 Å². The van der Waals surface area contributed by atoms with Crippen LogP contribution >= 0.6 is 0 Å². The number of nitrogens with one attached hydrogen (secondary N) is 2. The van der Waals surface area contributed by atoms with Crippen molar-refractivity contribution in [3.05, 3.63) is 58.4 Å². The van der Waals surface area contributed by atoms with Crippen molar-refractivity contribution in [3.63, 3.8) is 0 Å². The molecule has 106 valence electrons. The highest BCUT2D eigenvalue weighted by molar-refractivity contribution is 5.86. The van der Waals surface area contributed by atoms with Crippen LogP contribution in [-0.2, 0) is 0 Å². The summed E-state index contributed by atoms with van der Waals surface area (Å²) >= 11 is 0. The number of hydrogen-bond donors (Lipinski definition) is 3. The standard InChI is InChI=1S/C14H12N4O3/c1-8-7-15-14(21)18(8)10-4-2-3-9(5-10)11-6-12(13(19)20)17-16-11/h2-7H,1H3,(H,15,21)(H,16,17)(H,19,20). The molecule has 0 spiro atoms. The maximum Gasteiger partial charge on any atom is 0.353 e. The molecule has 2 heterocycles. The molecule has 3 N–H and O–H groups in total. The zero-order valence-electron chi connectivity index (χ0n) is 11.1. The first-order chi connectivity index (χ1) is 10.1. The number of carboxylic acids is 1. The van der Waals surface area contributed by atoms with E-state index >= 15 is 0 Å². The maximum absolute atomic E-state index is 11.8. The summed E-state index contributed by atoms with van der Waals surface area (Å²) < 4.78 is 1.54. The Bertz CT molecular complexity index is 872. The van der Waals surface area contributed by atoms with Crippen molar-refractivity contribution in [3.8, 4) is 16.9 Å². The molecule has 3 aromatic rings. The third-order valence-electron chi connectivity index (χ3n) is 3.17. The first-order valence-electron chi connectivity index (χ1n) is 6.23. The molecule has 0 amide bonds. The van der Waals surface area contributed by atoms with Crippen molar-refractivity contribution in [1.29, 1.82) is 0 Å². The van der Waals surface area contributed by atoms with Gasteiger partial charge in [-0.05, 0) is 25.1 Å². The Kier molecular flexibility index (Phi) is 2.94. The third kappa shape index (κ3) is 2.25. The van der Waals surface area contributed by atoms with Gasteiger partial charge in [0.1, 0.15) is 5.69 Å². The number of imidazole rings is 1. The Hall–Kier alpha value is -3.09. The van der Waals surface area contributed by atoms with Crippen LogP contribution in [0, 0.1) is 6.92 Å². The van der Waals surface area contributed by atoms with Crippen molar-refractivity contribution in [2.24, 2.45) is 0 Å². The number of aromatic amines is 2. The Morgan fingerprint density at radius 3 is 2.76 bits per heavy atom. The number of carbonyl (C=O) groups is 1. The van der Waals surface area contributed by atoms with Gasteiger partial charge in [0, 0.05) is 17.5 Å². The Balaban J connectivity index is 2.08. The number of carboxylic acid groups (broad SMARTS) is 1. The van der Waals surface area contributed by atoms with E-state index in [1.807, 2.05) is 6.92 Å². The fourth-order valence-electron chi connectivity index (χ4n) is 2.16. The van der Waals surface area contributed by atoms with Gasteiger partial charge in [-0.2, -0.15) is 5.10 Å². The van der Waals surface area contributed by atoms with Crippen LogP contribution in [0.3, 0.4) is 0 Å². The predicted octanol–water partition coefficient (Wildman–Crippen LogP) is 1.56. The van der Waals surface area contributed by atoms with E-state index in [0.717, 1.165) is 11.3 Å². The summed E-state index contributed by atoms with van der Waals surface area (Å²) in [4.78, 5) is 25.3. The van der Waals surface area contributed by atoms with Crippen LogP contribution in [0.5, 0.6) is 0 Å². The first-order valence-corrected chi connectivity index (χ1v) is 6.23. The summed E-state index contributed by atoms with van der Waals surface area (Å²) in [7, 11) is 0. The lowest BCUT2D eigenvalue weighted by Gasteiger charge is -2.05. The number of aryl methyl sites for hydroxylation is 1. The van der Waals surface area contributed by atoms with Crippen LogP contribution < -0.4 is 5.69 Å². The van der Waals surface area contributed by atoms with Gasteiger partial charge in [0.2, 0.25) is 0 Å². The van der Waals surface area contributed by atoms with Gasteiger partial charge in [-0.25, -0.2) is 9.59 Å². The molecule has 0 saturated carbocycles. The van der Waals surface area contributed by atoms with Gasteiger partial charge in [0.15, 0.2) is 0 Å². The highest BCUT2D eigenvalue weighted by Crippen LogP contribution is 2.21. The number of nitrogens with zero attached hydrogens (tertiary/aromatic N) is 2. The third-order valence-corrected chi connectivity index (χ3v) is 3.17. The van der Waals surface area contributed by atoms with E-state index in [4.69, 9.17) is 5.11 Å². The minimum atomic E-state index is -1.07. The zero-order chi connectivity index (χ0) is 15.0. The van der Waals surface area contributed by atoms with Crippen molar-refractivity contribution in [1.82, 2.24) is 19.7 Å². The topological polar surface area (TPSA) is 104 Å². The molecule has 7 nitrogen and oxygen atoms in total. The van der Waals surface area contributed by atoms with E-state index in [1.54, 1.807) is 30.5 Å². The number of aromatic carboxylic acids is 1. The van der Waals surface area contributed by atoms with E-state index in [9.17, 15) is 9.59 Å². The SMILES string of the molecule is Cc1c[nH]c(=O)n1-c1cccc(-c2cc(C(=O)O)[nH]n2)c1. The lowest BCUT2D eigenvalue weighted by atomic mass is 10.1. The molecule has 21 heavy (non-hydrogen) atoms. The van der Waals surface area contributed by atoms with Gasteiger partial charge in [-0.3, -0.25) is 9.67 Å². The molecule has 0 radical (unpaired) electrons. The van der Waals surface area contributed by atoms with E-state index in [-0.39, 0.29) is 11.4 Å². The van der Waals surface area contributed by atoms with Gasteiger partial charge in [-0.1, -0.05) is 12.1 Å². The molecule has 3 rings (SSSR count). The van der Waals surface area contributed by atoms with E-state index in [1.165, 1.54) is 10.6 Å². The first kappa shape index (κ1) is 12.9. The molecular formula is C14H12N4O3. The summed E-state index contributed by atoms with van der Waals surface area (Å²) in [6.45, 7) is 1.82. The van der Waals surface area contributed by atoms with Gasteiger partial charge >= 0.3 is 11.7 Å². The molecule has 0 atom stereocenters. The number of aromatic nitrogens is 4. The molecule has 0 bridgehead atoms. The van der Waals surface area contributed by atoms with Crippen LogP contribution in [-0.4, -0.2) is 30.8 Å². The molecule has 0 saturated heterocycles. The van der Waals surface area contributed by atoms with Gasteiger partial charge in [0.05, 0.1) is 11.4 Å². The average molecular weight is 284 g/mol. The number of H-pyrrole nitrogens is 2. The molecular weight excluding hydrogens is 272 g/mol. The zero-order valence-corrected chi connectivity index (χ0v) is 11.1. The minimum absolute atomic E-state index is 0.0189. The Labute approximate surface area is 118 Å². The second kappa shape index (κ2) is 4.78.